The molecule has 5 heteroatoms. The van der Waals surface area contributed by atoms with E-state index < -0.39 is 9.84 Å². The Balaban J connectivity index is 2.67. The van der Waals surface area contributed by atoms with Gasteiger partial charge in [-0.1, -0.05) is 27.7 Å². The highest BCUT2D eigenvalue weighted by atomic mass is 32.2. The molecule has 1 aliphatic heterocycles. The van der Waals surface area contributed by atoms with Crippen molar-refractivity contribution in [3.63, 3.8) is 0 Å². The van der Waals surface area contributed by atoms with Crippen molar-refractivity contribution in [1.29, 1.82) is 0 Å². The molecular formula is C16H34N2O2S. The quantitative estimate of drug-likeness (QED) is 0.781. The van der Waals surface area contributed by atoms with Gasteiger partial charge in [-0.05, 0) is 32.1 Å². The normalized spacial score (nSPS) is 25.2. The second-order valence-electron chi connectivity index (χ2n) is 7.46. The van der Waals surface area contributed by atoms with Crippen LogP contribution in [-0.4, -0.2) is 56.0 Å². The Hall–Kier alpha value is -0.130. The summed E-state index contributed by atoms with van der Waals surface area (Å²) in [4.78, 5) is 2.40. The molecule has 0 radical (unpaired) electrons. The summed E-state index contributed by atoms with van der Waals surface area (Å²) in [7, 11) is -2.95. The Labute approximate surface area is 131 Å². The van der Waals surface area contributed by atoms with Crippen LogP contribution in [0.5, 0.6) is 0 Å². The molecule has 2 atom stereocenters. The minimum Gasteiger partial charge on any atom is -0.311 e. The number of sulfone groups is 1. The molecule has 4 nitrogen and oxygen atoms in total. The Morgan fingerprint density at radius 3 is 2.24 bits per heavy atom. The lowest BCUT2D eigenvalue weighted by molar-refractivity contribution is 0.0986. The van der Waals surface area contributed by atoms with Crippen LogP contribution in [-0.2, 0) is 9.84 Å². The molecule has 0 aromatic heterocycles. The molecule has 0 saturated carbocycles. The van der Waals surface area contributed by atoms with Crippen molar-refractivity contribution in [1.82, 2.24) is 10.2 Å². The maximum absolute atomic E-state index is 12.1. The summed E-state index contributed by atoms with van der Waals surface area (Å²) in [5, 5.41) is 3.37. The van der Waals surface area contributed by atoms with Crippen molar-refractivity contribution in [2.75, 3.05) is 25.4 Å². The monoisotopic (exact) mass is 318 g/mol. The van der Waals surface area contributed by atoms with E-state index in [2.05, 4.69) is 37.9 Å². The summed E-state index contributed by atoms with van der Waals surface area (Å²) in [6.07, 6.45) is 1.15. The van der Waals surface area contributed by atoms with Crippen LogP contribution in [0.1, 0.15) is 48.0 Å². The third-order valence-electron chi connectivity index (χ3n) is 4.45. The molecule has 0 aliphatic carbocycles. The van der Waals surface area contributed by atoms with Crippen LogP contribution in [0.4, 0.5) is 0 Å². The van der Waals surface area contributed by atoms with Gasteiger partial charge in [0.25, 0.3) is 0 Å². The van der Waals surface area contributed by atoms with Crippen LogP contribution < -0.4 is 5.32 Å². The molecule has 0 spiro atoms. The standard InChI is InChI=1S/C16H34N2O2S/c1-12(2)9-15-11-18(16(10-17-15)13(3)4)7-8-21(19,20)14(5)6/h12-17H,7-11H2,1-6H3. The lowest BCUT2D eigenvalue weighted by Gasteiger charge is -2.43. The Kier molecular flexibility index (Phi) is 7.14. The van der Waals surface area contributed by atoms with Gasteiger partial charge in [-0.3, -0.25) is 4.90 Å². The van der Waals surface area contributed by atoms with Crippen molar-refractivity contribution in [3.8, 4) is 0 Å². The maximum Gasteiger partial charge on any atom is 0.153 e. The molecule has 1 rings (SSSR count). The predicted octanol–water partition coefficient (Wildman–Crippen LogP) is 2.15. The molecule has 0 aromatic rings. The second kappa shape index (κ2) is 7.93. The smallest absolute Gasteiger partial charge is 0.153 e. The van der Waals surface area contributed by atoms with Gasteiger partial charge in [0.15, 0.2) is 9.84 Å². The number of hydrogen-bond donors (Lipinski definition) is 1. The Morgan fingerprint density at radius 1 is 1.14 bits per heavy atom. The van der Waals surface area contributed by atoms with Crippen molar-refractivity contribution in [3.05, 3.63) is 0 Å². The summed E-state index contributed by atoms with van der Waals surface area (Å²) in [6, 6.07) is 0.928. The molecule has 2 unspecified atom stereocenters. The van der Waals surface area contributed by atoms with Gasteiger partial charge < -0.3 is 5.32 Å². The average Bonchev–Trinajstić information content (AvgIpc) is 2.35. The van der Waals surface area contributed by atoms with Gasteiger partial charge in [-0.25, -0.2) is 8.42 Å². The summed E-state index contributed by atoms with van der Waals surface area (Å²) in [5.41, 5.74) is 0. The van der Waals surface area contributed by atoms with E-state index in [-0.39, 0.29) is 11.0 Å². The highest BCUT2D eigenvalue weighted by Gasteiger charge is 2.31. The number of rotatable bonds is 7. The van der Waals surface area contributed by atoms with E-state index in [0.29, 0.717) is 30.5 Å². The highest BCUT2D eigenvalue weighted by Crippen LogP contribution is 2.18. The molecule has 126 valence electrons. The van der Waals surface area contributed by atoms with Crippen LogP contribution in [0, 0.1) is 11.8 Å². The number of nitrogens with zero attached hydrogens (tertiary/aromatic N) is 1. The Morgan fingerprint density at radius 2 is 1.76 bits per heavy atom. The minimum absolute atomic E-state index is 0.274. The van der Waals surface area contributed by atoms with Crippen LogP contribution in [0.3, 0.4) is 0 Å². The fraction of sp³-hybridized carbons (Fsp3) is 1.00. The van der Waals surface area contributed by atoms with Crippen LogP contribution >= 0.6 is 0 Å². The summed E-state index contributed by atoms with van der Waals surface area (Å²) < 4.78 is 24.1. The molecule has 1 N–H and O–H groups in total. The molecule has 1 heterocycles. The molecule has 0 amide bonds. The molecule has 0 bridgehead atoms. The second-order valence-corrected chi connectivity index (χ2v) is 10.1. The predicted molar refractivity (Wildman–Crippen MR) is 90.4 cm³/mol. The topological polar surface area (TPSA) is 49.4 Å². The van der Waals surface area contributed by atoms with Gasteiger partial charge >= 0.3 is 0 Å². The van der Waals surface area contributed by atoms with E-state index in [0.717, 1.165) is 19.5 Å². The van der Waals surface area contributed by atoms with Crippen LogP contribution in [0.2, 0.25) is 0 Å². The largest absolute Gasteiger partial charge is 0.311 e. The first kappa shape index (κ1) is 18.9. The molecule has 0 aromatic carbocycles. The minimum atomic E-state index is -2.95. The van der Waals surface area contributed by atoms with E-state index in [9.17, 15) is 8.42 Å². The van der Waals surface area contributed by atoms with E-state index >= 15 is 0 Å². The number of nitrogens with one attached hydrogen (secondary N) is 1. The van der Waals surface area contributed by atoms with E-state index in [4.69, 9.17) is 0 Å². The molecule has 21 heavy (non-hydrogen) atoms. The van der Waals surface area contributed by atoms with Gasteiger partial charge in [0.2, 0.25) is 0 Å². The van der Waals surface area contributed by atoms with E-state index in [1.54, 1.807) is 13.8 Å². The molecule has 1 aliphatic rings. The summed E-state index contributed by atoms with van der Waals surface area (Å²) in [5.74, 6) is 1.49. The van der Waals surface area contributed by atoms with E-state index in [1.165, 1.54) is 0 Å². The fourth-order valence-corrected chi connectivity index (χ4v) is 3.98. The van der Waals surface area contributed by atoms with Crippen molar-refractivity contribution in [2.45, 2.75) is 65.3 Å². The third-order valence-corrected chi connectivity index (χ3v) is 6.63. The van der Waals surface area contributed by atoms with Crippen molar-refractivity contribution < 1.29 is 8.42 Å². The maximum atomic E-state index is 12.1. The fourth-order valence-electron chi connectivity index (χ4n) is 3.02. The van der Waals surface area contributed by atoms with Crippen LogP contribution in [0.25, 0.3) is 0 Å². The SMILES string of the molecule is CC(C)CC1CN(CCS(=O)(=O)C(C)C)C(C(C)C)CN1. The summed E-state index contributed by atoms with van der Waals surface area (Å²) in [6.45, 7) is 15.1. The molecular weight excluding hydrogens is 284 g/mol. The molecule has 1 fully saturated rings. The Bertz CT molecular complexity index is 405. The van der Waals surface area contributed by atoms with E-state index in [1.807, 2.05) is 0 Å². The lowest BCUT2D eigenvalue weighted by Crippen LogP contribution is -2.59. The van der Waals surface area contributed by atoms with Gasteiger partial charge in [0.05, 0.1) is 11.0 Å². The zero-order chi connectivity index (χ0) is 16.2. The third kappa shape index (κ3) is 5.87. The van der Waals surface area contributed by atoms with Gasteiger partial charge in [-0.2, -0.15) is 0 Å². The van der Waals surface area contributed by atoms with Crippen molar-refractivity contribution >= 4 is 9.84 Å². The van der Waals surface area contributed by atoms with Gasteiger partial charge in [0, 0.05) is 31.7 Å². The van der Waals surface area contributed by atoms with Crippen LogP contribution in [0.15, 0.2) is 0 Å². The highest BCUT2D eigenvalue weighted by molar-refractivity contribution is 7.92. The van der Waals surface area contributed by atoms with Gasteiger partial charge in [0.1, 0.15) is 0 Å². The first-order valence-electron chi connectivity index (χ1n) is 8.32. The van der Waals surface area contributed by atoms with Gasteiger partial charge in [-0.15, -0.1) is 0 Å². The summed E-state index contributed by atoms with van der Waals surface area (Å²) >= 11 is 0. The lowest BCUT2D eigenvalue weighted by atomic mass is 9.95. The first-order valence-corrected chi connectivity index (χ1v) is 10.0. The first-order chi connectivity index (χ1) is 9.63. The zero-order valence-corrected chi connectivity index (χ0v) is 15.4. The zero-order valence-electron chi connectivity index (χ0n) is 14.6. The van der Waals surface area contributed by atoms with Crippen molar-refractivity contribution in [2.24, 2.45) is 11.8 Å². The number of hydrogen-bond acceptors (Lipinski definition) is 4. The molecule has 1 saturated heterocycles. The number of piperazine rings is 1. The average molecular weight is 319 g/mol.